The third-order valence-electron chi connectivity index (χ3n) is 4.04. The van der Waals surface area contributed by atoms with Crippen LogP contribution in [0.4, 0.5) is 4.79 Å². The zero-order valence-corrected chi connectivity index (χ0v) is 21.2. The van der Waals surface area contributed by atoms with E-state index < -0.39 is 11.7 Å². The van der Waals surface area contributed by atoms with E-state index in [9.17, 15) is 4.79 Å². The van der Waals surface area contributed by atoms with Crippen LogP contribution in [-0.2, 0) is 18.3 Å². The van der Waals surface area contributed by atoms with Gasteiger partial charge in [-0.1, -0.05) is 19.8 Å². The molecule has 0 fully saturated rings. The molecule has 1 rings (SSSR count). The van der Waals surface area contributed by atoms with E-state index in [0.29, 0.717) is 19.0 Å². The number of aliphatic imine (C=N–C) groups is 1. The van der Waals surface area contributed by atoms with Crippen LogP contribution in [0.5, 0.6) is 0 Å². The fourth-order valence-electron chi connectivity index (χ4n) is 2.45. The molecule has 29 heavy (non-hydrogen) atoms. The molecule has 3 N–H and O–H groups in total. The van der Waals surface area contributed by atoms with Crippen molar-refractivity contribution in [3.8, 4) is 0 Å². The lowest BCUT2D eigenvalue weighted by Crippen LogP contribution is -2.49. The number of hydrogen-bond acceptors (Lipinski definition) is 5. The Bertz CT molecular complexity index is 641. The maximum atomic E-state index is 12.0. The minimum absolute atomic E-state index is 0. The standard InChI is InChI=1S/C19H37N7O2.HI/c1-8-10-11-15(12-22-18(27)28-19(4,5)6)23-17(20-9-2)21-13-16-25-24-14(3)26(16)7;/h15H,8-13H2,1-7H3,(H,22,27)(H2,20,21,23);1H. The van der Waals surface area contributed by atoms with Gasteiger partial charge in [0.15, 0.2) is 11.8 Å². The van der Waals surface area contributed by atoms with Crippen molar-refractivity contribution in [3.63, 3.8) is 0 Å². The summed E-state index contributed by atoms with van der Waals surface area (Å²) in [5, 5.41) is 17.7. The molecule has 0 saturated heterocycles. The molecule has 0 aliphatic heterocycles. The average molecular weight is 523 g/mol. The van der Waals surface area contributed by atoms with E-state index in [4.69, 9.17) is 4.74 Å². The lowest BCUT2D eigenvalue weighted by Gasteiger charge is -2.24. The van der Waals surface area contributed by atoms with Gasteiger partial charge in [-0.2, -0.15) is 0 Å². The number of guanidine groups is 1. The summed E-state index contributed by atoms with van der Waals surface area (Å²) in [5.41, 5.74) is -0.513. The number of nitrogens with one attached hydrogen (secondary N) is 3. The van der Waals surface area contributed by atoms with E-state index in [-0.39, 0.29) is 30.0 Å². The van der Waals surface area contributed by atoms with Gasteiger partial charge >= 0.3 is 6.09 Å². The van der Waals surface area contributed by atoms with Crippen LogP contribution in [-0.4, -0.2) is 51.5 Å². The van der Waals surface area contributed by atoms with Gasteiger partial charge in [-0.25, -0.2) is 9.79 Å². The van der Waals surface area contributed by atoms with Gasteiger partial charge in [-0.15, -0.1) is 34.2 Å². The predicted octanol–water partition coefficient (Wildman–Crippen LogP) is 2.88. The van der Waals surface area contributed by atoms with Gasteiger partial charge < -0.3 is 25.3 Å². The summed E-state index contributed by atoms with van der Waals surface area (Å²) in [7, 11) is 1.93. The number of carbonyl (C=O) groups is 1. The number of carbonyl (C=O) groups excluding carboxylic acids is 1. The number of aryl methyl sites for hydroxylation is 1. The number of ether oxygens (including phenoxy) is 1. The molecule has 1 aromatic heterocycles. The molecule has 0 saturated carbocycles. The quantitative estimate of drug-likeness (QED) is 0.261. The van der Waals surface area contributed by atoms with Crippen LogP contribution < -0.4 is 16.0 Å². The molecule has 0 radical (unpaired) electrons. The smallest absolute Gasteiger partial charge is 0.407 e. The van der Waals surface area contributed by atoms with Crippen molar-refractivity contribution in [2.24, 2.45) is 12.0 Å². The van der Waals surface area contributed by atoms with Crippen LogP contribution in [0.15, 0.2) is 4.99 Å². The van der Waals surface area contributed by atoms with Crippen molar-refractivity contribution >= 4 is 36.0 Å². The Kier molecular flexibility index (Phi) is 12.9. The molecular formula is C19H38IN7O2. The molecular weight excluding hydrogens is 485 g/mol. The molecule has 168 valence electrons. The SMILES string of the molecule is CCCCC(CNC(=O)OC(C)(C)C)NC(=NCc1nnc(C)n1C)NCC.I. The first kappa shape index (κ1) is 27.4. The van der Waals surface area contributed by atoms with Gasteiger partial charge in [-0.05, 0) is 41.0 Å². The number of nitrogens with zero attached hydrogens (tertiary/aromatic N) is 4. The summed E-state index contributed by atoms with van der Waals surface area (Å²) in [5.74, 6) is 2.34. The highest BCUT2D eigenvalue weighted by atomic mass is 127. The molecule has 0 aliphatic carbocycles. The molecule has 1 heterocycles. The topological polar surface area (TPSA) is 105 Å². The van der Waals surface area contributed by atoms with Crippen LogP contribution >= 0.6 is 24.0 Å². The highest BCUT2D eigenvalue weighted by Gasteiger charge is 2.18. The van der Waals surface area contributed by atoms with E-state index in [2.05, 4.69) is 38.1 Å². The van der Waals surface area contributed by atoms with Crippen LogP contribution in [0.2, 0.25) is 0 Å². The van der Waals surface area contributed by atoms with Gasteiger partial charge in [0, 0.05) is 26.2 Å². The van der Waals surface area contributed by atoms with Crippen LogP contribution in [0.3, 0.4) is 0 Å². The second kappa shape index (κ2) is 13.6. The summed E-state index contributed by atoms with van der Waals surface area (Å²) in [6.45, 7) is 13.2. The molecule has 0 bridgehead atoms. The normalized spacial score (nSPS) is 12.7. The Morgan fingerprint density at radius 3 is 2.45 bits per heavy atom. The summed E-state index contributed by atoms with van der Waals surface area (Å²) < 4.78 is 7.25. The minimum atomic E-state index is -0.513. The number of amides is 1. The molecule has 9 nitrogen and oxygen atoms in total. The second-order valence-electron chi connectivity index (χ2n) is 7.78. The number of rotatable bonds is 9. The molecule has 1 unspecified atom stereocenters. The number of aromatic nitrogens is 3. The van der Waals surface area contributed by atoms with Crippen LogP contribution in [0.25, 0.3) is 0 Å². The molecule has 0 aromatic carbocycles. The summed E-state index contributed by atoms with van der Waals surface area (Å²) >= 11 is 0. The van der Waals surface area contributed by atoms with E-state index in [1.54, 1.807) is 0 Å². The Labute approximate surface area is 191 Å². The molecule has 1 atom stereocenters. The largest absolute Gasteiger partial charge is 0.444 e. The summed E-state index contributed by atoms with van der Waals surface area (Å²) in [6, 6.07) is 0.0477. The maximum absolute atomic E-state index is 12.0. The number of unbranched alkanes of at least 4 members (excludes halogenated alkanes) is 1. The van der Waals surface area contributed by atoms with Gasteiger partial charge in [0.1, 0.15) is 18.0 Å². The number of hydrogen-bond donors (Lipinski definition) is 3. The van der Waals surface area contributed by atoms with Crippen molar-refractivity contribution in [1.29, 1.82) is 0 Å². The van der Waals surface area contributed by atoms with Crippen molar-refractivity contribution in [2.75, 3.05) is 13.1 Å². The van der Waals surface area contributed by atoms with Gasteiger partial charge in [0.25, 0.3) is 0 Å². The predicted molar refractivity (Wildman–Crippen MR) is 127 cm³/mol. The monoisotopic (exact) mass is 523 g/mol. The lowest BCUT2D eigenvalue weighted by molar-refractivity contribution is 0.0522. The second-order valence-corrected chi connectivity index (χ2v) is 7.78. The summed E-state index contributed by atoms with van der Waals surface area (Å²) in [6.07, 6.45) is 2.64. The third kappa shape index (κ3) is 11.2. The maximum Gasteiger partial charge on any atom is 0.407 e. The van der Waals surface area contributed by atoms with Gasteiger partial charge in [-0.3, -0.25) is 0 Å². The number of alkyl carbamates (subject to hydrolysis) is 1. The molecule has 1 aromatic rings. The minimum Gasteiger partial charge on any atom is -0.444 e. The van der Waals surface area contributed by atoms with E-state index >= 15 is 0 Å². The Morgan fingerprint density at radius 2 is 1.93 bits per heavy atom. The Morgan fingerprint density at radius 1 is 1.24 bits per heavy atom. The van der Waals surface area contributed by atoms with Crippen molar-refractivity contribution in [1.82, 2.24) is 30.7 Å². The molecule has 1 amide bonds. The number of halogens is 1. The van der Waals surface area contributed by atoms with Crippen LogP contribution in [0, 0.1) is 6.92 Å². The Balaban J connectivity index is 0.00000784. The van der Waals surface area contributed by atoms with Crippen molar-refractivity contribution in [3.05, 3.63) is 11.6 Å². The first-order valence-electron chi connectivity index (χ1n) is 10.0. The third-order valence-corrected chi connectivity index (χ3v) is 4.04. The van der Waals surface area contributed by atoms with Gasteiger partial charge in [0.05, 0.1) is 0 Å². The van der Waals surface area contributed by atoms with Gasteiger partial charge in [0.2, 0.25) is 0 Å². The fourth-order valence-corrected chi connectivity index (χ4v) is 2.45. The summed E-state index contributed by atoms with van der Waals surface area (Å²) in [4.78, 5) is 16.6. The highest BCUT2D eigenvalue weighted by molar-refractivity contribution is 14.0. The highest BCUT2D eigenvalue weighted by Crippen LogP contribution is 2.07. The Hall–Kier alpha value is -1.59. The van der Waals surface area contributed by atoms with Crippen molar-refractivity contribution in [2.45, 2.75) is 79.0 Å². The molecule has 0 aliphatic rings. The van der Waals surface area contributed by atoms with Crippen LogP contribution in [0.1, 0.15) is 65.5 Å². The first-order chi connectivity index (χ1) is 13.2. The van der Waals surface area contributed by atoms with E-state index in [0.717, 1.165) is 37.5 Å². The van der Waals surface area contributed by atoms with E-state index in [1.807, 2.05) is 46.2 Å². The molecule has 10 heteroatoms. The fraction of sp³-hybridized carbons (Fsp3) is 0.789. The first-order valence-corrected chi connectivity index (χ1v) is 10.0. The van der Waals surface area contributed by atoms with E-state index in [1.165, 1.54) is 0 Å². The average Bonchev–Trinajstić information content (AvgIpc) is 2.92. The molecule has 0 spiro atoms. The zero-order valence-electron chi connectivity index (χ0n) is 18.8. The van der Waals surface area contributed by atoms with Crippen molar-refractivity contribution < 1.29 is 9.53 Å². The lowest BCUT2D eigenvalue weighted by atomic mass is 10.1. The zero-order chi connectivity index (χ0) is 21.2.